The van der Waals surface area contributed by atoms with Crippen LogP contribution in [0.4, 0.5) is 0 Å². The van der Waals surface area contributed by atoms with Crippen molar-refractivity contribution in [2.24, 2.45) is 0 Å². The number of nitriles is 1. The van der Waals surface area contributed by atoms with Crippen molar-refractivity contribution in [1.29, 1.82) is 5.26 Å². The Bertz CT molecular complexity index is 630. The van der Waals surface area contributed by atoms with Crippen molar-refractivity contribution in [2.45, 2.75) is 10.1 Å². The van der Waals surface area contributed by atoms with Gasteiger partial charge < -0.3 is 0 Å². The highest BCUT2D eigenvalue weighted by Crippen LogP contribution is 2.48. The first-order valence-electron chi connectivity index (χ1n) is 5.25. The maximum absolute atomic E-state index is 9.22. The first kappa shape index (κ1) is 10.7. The summed E-state index contributed by atoms with van der Waals surface area (Å²) in [5.41, 5.74) is 3.33. The van der Waals surface area contributed by atoms with Gasteiger partial charge in [0.2, 0.25) is 0 Å². The van der Waals surface area contributed by atoms with E-state index in [-0.39, 0.29) is 5.25 Å². The number of hydrogen-bond acceptors (Lipinski definition) is 2. The molecule has 0 spiro atoms. The Balaban J connectivity index is 2.29. The van der Waals surface area contributed by atoms with Crippen molar-refractivity contribution in [3.05, 3.63) is 53.1 Å². The van der Waals surface area contributed by atoms with Gasteiger partial charge in [-0.2, -0.15) is 5.26 Å². The van der Waals surface area contributed by atoms with Crippen molar-refractivity contribution in [3.63, 3.8) is 0 Å². The van der Waals surface area contributed by atoms with Gasteiger partial charge in [0.25, 0.3) is 0 Å². The first-order valence-corrected chi connectivity index (χ1v) is 6.50. The highest BCUT2D eigenvalue weighted by molar-refractivity contribution is 8.00. The van der Waals surface area contributed by atoms with Crippen LogP contribution >= 0.6 is 23.4 Å². The van der Waals surface area contributed by atoms with E-state index in [2.05, 4.69) is 12.1 Å². The second kappa shape index (κ2) is 4.10. The van der Waals surface area contributed by atoms with E-state index in [1.54, 1.807) is 11.8 Å². The molecule has 82 valence electrons. The maximum atomic E-state index is 9.22. The molecule has 0 fully saturated rings. The molecule has 0 bridgehead atoms. The number of rotatable bonds is 0. The molecule has 1 unspecified atom stereocenters. The molecule has 1 atom stereocenters. The van der Waals surface area contributed by atoms with Crippen LogP contribution < -0.4 is 0 Å². The van der Waals surface area contributed by atoms with Gasteiger partial charge in [-0.25, -0.2) is 0 Å². The van der Waals surface area contributed by atoms with E-state index in [1.807, 2.05) is 36.4 Å². The third-order valence-electron chi connectivity index (χ3n) is 2.84. The zero-order valence-corrected chi connectivity index (χ0v) is 10.4. The van der Waals surface area contributed by atoms with Crippen molar-refractivity contribution in [2.75, 3.05) is 0 Å². The van der Waals surface area contributed by atoms with Crippen LogP contribution in [0.3, 0.4) is 0 Å². The highest BCUT2D eigenvalue weighted by atomic mass is 35.5. The summed E-state index contributed by atoms with van der Waals surface area (Å²) in [6.45, 7) is 0. The minimum atomic E-state index is -0.125. The molecule has 0 N–H and O–H groups in total. The predicted octanol–water partition coefficient (Wildman–Crippen LogP) is 4.68. The molecule has 2 aromatic carbocycles. The summed E-state index contributed by atoms with van der Waals surface area (Å²) in [5.74, 6) is 0. The fourth-order valence-corrected chi connectivity index (χ4v) is 3.33. The maximum Gasteiger partial charge on any atom is 0.122 e. The largest absolute Gasteiger partial charge is 0.197 e. The van der Waals surface area contributed by atoms with Crippen LogP contribution in [-0.2, 0) is 0 Å². The van der Waals surface area contributed by atoms with Crippen molar-refractivity contribution < 1.29 is 0 Å². The smallest absolute Gasteiger partial charge is 0.122 e. The predicted molar refractivity (Wildman–Crippen MR) is 71.1 cm³/mol. The van der Waals surface area contributed by atoms with Gasteiger partial charge in [-0.05, 0) is 34.9 Å². The summed E-state index contributed by atoms with van der Waals surface area (Å²) in [5, 5.41) is 9.83. The van der Waals surface area contributed by atoms with Crippen molar-refractivity contribution in [3.8, 4) is 17.2 Å². The molecule has 1 heterocycles. The fourth-order valence-electron chi connectivity index (χ4n) is 2.07. The normalized spacial score (nSPS) is 16.8. The molecule has 0 saturated carbocycles. The van der Waals surface area contributed by atoms with Crippen molar-refractivity contribution >= 4 is 23.4 Å². The Morgan fingerprint density at radius 1 is 1.12 bits per heavy atom. The average Bonchev–Trinajstić information content (AvgIpc) is 2.38. The van der Waals surface area contributed by atoms with E-state index in [0.29, 0.717) is 0 Å². The molecule has 1 nitrogen and oxygen atoms in total. The standard InChI is InChI=1S/C14H8ClNS/c15-9-5-6-13-12(7-9)10-3-1-2-4-11(10)14(8-16)17-13/h1-7,14H. The molecule has 2 aromatic rings. The van der Waals surface area contributed by atoms with Gasteiger partial charge in [-0.15, -0.1) is 11.8 Å². The van der Waals surface area contributed by atoms with Crippen LogP contribution in [0.15, 0.2) is 47.4 Å². The summed E-state index contributed by atoms with van der Waals surface area (Å²) in [4.78, 5) is 1.12. The van der Waals surface area contributed by atoms with Crippen molar-refractivity contribution in [1.82, 2.24) is 0 Å². The lowest BCUT2D eigenvalue weighted by atomic mass is 9.97. The van der Waals surface area contributed by atoms with E-state index >= 15 is 0 Å². The average molecular weight is 258 g/mol. The number of nitrogens with zero attached hydrogens (tertiary/aromatic N) is 1. The van der Waals surface area contributed by atoms with Crippen LogP contribution in [0.2, 0.25) is 5.02 Å². The topological polar surface area (TPSA) is 23.8 Å². The highest BCUT2D eigenvalue weighted by Gasteiger charge is 2.24. The van der Waals surface area contributed by atoms with Gasteiger partial charge in [-0.3, -0.25) is 0 Å². The number of benzene rings is 2. The molecule has 3 rings (SSSR count). The third-order valence-corrected chi connectivity index (χ3v) is 4.28. The summed E-state index contributed by atoms with van der Waals surface area (Å²) >= 11 is 7.63. The Morgan fingerprint density at radius 2 is 1.94 bits per heavy atom. The summed E-state index contributed by atoms with van der Waals surface area (Å²) in [6, 6.07) is 16.2. The Kier molecular flexibility index (Phi) is 2.58. The lowest BCUT2D eigenvalue weighted by Crippen LogP contribution is -2.01. The van der Waals surface area contributed by atoms with Gasteiger partial charge in [0.05, 0.1) is 6.07 Å². The summed E-state index contributed by atoms with van der Waals surface area (Å²) in [6.07, 6.45) is 0. The van der Waals surface area contributed by atoms with E-state index < -0.39 is 0 Å². The van der Waals surface area contributed by atoms with Crippen LogP contribution in [0.1, 0.15) is 10.8 Å². The van der Waals surface area contributed by atoms with Gasteiger partial charge in [-0.1, -0.05) is 35.9 Å². The minimum absolute atomic E-state index is 0.125. The lowest BCUT2D eigenvalue weighted by molar-refractivity contribution is 1.19. The van der Waals surface area contributed by atoms with E-state index in [4.69, 9.17) is 11.6 Å². The summed E-state index contributed by atoms with van der Waals surface area (Å²) < 4.78 is 0. The SMILES string of the molecule is N#CC1Sc2ccc(Cl)cc2-c2ccccc21. The molecule has 17 heavy (non-hydrogen) atoms. The molecule has 0 radical (unpaired) electrons. The Morgan fingerprint density at radius 3 is 2.76 bits per heavy atom. The quantitative estimate of drug-likeness (QED) is 0.684. The molecule has 1 aliphatic rings. The van der Waals surface area contributed by atoms with Gasteiger partial charge in [0.1, 0.15) is 5.25 Å². The fraction of sp³-hybridized carbons (Fsp3) is 0.0714. The molecule has 0 aliphatic carbocycles. The van der Waals surface area contributed by atoms with Crippen LogP contribution in [0.5, 0.6) is 0 Å². The number of fused-ring (bicyclic) bond motifs is 3. The number of thioether (sulfide) groups is 1. The molecule has 0 amide bonds. The van der Waals surface area contributed by atoms with Gasteiger partial charge in [0.15, 0.2) is 0 Å². The van der Waals surface area contributed by atoms with E-state index in [1.165, 1.54) is 0 Å². The third kappa shape index (κ3) is 1.72. The number of halogens is 1. The van der Waals surface area contributed by atoms with E-state index in [0.717, 1.165) is 26.6 Å². The zero-order chi connectivity index (χ0) is 11.8. The Labute approximate surface area is 109 Å². The molecule has 0 aromatic heterocycles. The second-order valence-electron chi connectivity index (χ2n) is 3.85. The molecular weight excluding hydrogens is 250 g/mol. The second-order valence-corrected chi connectivity index (χ2v) is 5.44. The molecule has 3 heteroatoms. The number of hydrogen-bond donors (Lipinski definition) is 0. The molecule has 1 aliphatic heterocycles. The molecular formula is C14H8ClNS. The Hall–Kier alpha value is -1.43. The zero-order valence-electron chi connectivity index (χ0n) is 8.85. The lowest BCUT2D eigenvalue weighted by Gasteiger charge is -2.22. The monoisotopic (exact) mass is 257 g/mol. The summed E-state index contributed by atoms with van der Waals surface area (Å²) in [7, 11) is 0. The first-order chi connectivity index (χ1) is 8.29. The van der Waals surface area contributed by atoms with Crippen LogP contribution in [0.25, 0.3) is 11.1 Å². The van der Waals surface area contributed by atoms with Gasteiger partial charge in [0, 0.05) is 9.92 Å². The molecule has 0 saturated heterocycles. The minimum Gasteiger partial charge on any atom is -0.197 e. The van der Waals surface area contributed by atoms with Crippen LogP contribution in [0, 0.1) is 11.3 Å². The van der Waals surface area contributed by atoms with Gasteiger partial charge >= 0.3 is 0 Å². The van der Waals surface area contributed by atoms with Crippen LogP contribution in [-0.4, -0.2) is 0 Å². The van der Waals surface area contributed by atoms with E-state index in [9.17, 15) is 5.26 Å².